The average Bonchev–Trinajstić information content (AvgIpc) is 2.77. The molecule has 0 spiro atoms. The SMILES string of the molecule is CCCN(C(=O)C(NC(=O)OC(C)(C)C)C(C)C)C(C(=O)NC1CCCCC1)c1ccc(C)cc1. The zero-order valence-electron chi connectivity index (χ0n) is 22.6. The second kappa shape index (κ2) is 12.9. The maximum absolute atomic E-state index is 13.9. The van der Waals surface area contributed by atoms with Gasteiger partial charge in [-0.15, -0.1) is 0 Å². The molecule has 1 aliphatic rings. The highest BCUT2D eigenvalue weighted by molar-refractivity contribution is 5.92. The van der Waals surface area contributed by atoms with E-state index in [4.69, 9.17) is 4.74 Å². The maximum Gasteiger partial charge on any atom is 0.408 e. The molecule has 0 aliphatic heterocycles. The Balaban J connectivity index is 2.38. The van der Waals surface area contributed by atoms with E-state index in [-0.39, 0.29) is 23.8 Å². The zero-order chi connectivity index (χ0) is 26.2. The number of hydrogen-bond acceptors (Lipinski definition) is 4. The van der Waals surface area contributed by atoms with Gasteiger partial charge in [-0.2, -0.15) is 0 Å². The van der Waals surface area contributed by atoms with Crippen LogP contribution in [0.15, 0.2) is 24.3 Å². The van der Waals surface area contributed by atoms with E-state index < -0.39 is 23.8 Å². The van der Waals surface area contributed by atoms with E-state index in [1.807, 2.05) is 52.0 Å². The summed E-state index contributed by atoms with van der Waals surface area (Å²) in [5.41, 5.74) is 1.17. The van der Waals surface area contributed by atoms with Crippen LogP contribution in [0.25, 0.3) is 0 Å². The fourth-order valence-corrected chi connectivity index (χ4v) is 4.48. The molecule has 196 valence electrons. The van der Waals surface area contributed by atoms with Gasteiger partial charge in [0.1, 0.15) is 17.7 Å². The Kier molecular flexibility index (Phi) is 10.6. The van der Waals surface area contributed by atoms with Crippen molar-refractivity contribution in [2.75, 3.05) is 6.54 Å². The summed E-state index contributed by atoms with van der Waals surface area (Å²) in [6, 6.07) is 6.31. The lowest BCUT2D eigenvalue weighted by molar-refractivity contribution is -0.143. The summed E-state index contributed by atoms with van der Waals surface area (Å²) in [4.78, 5) is 41.8. The number of aryl methyl sites for hydroxylation is 1. The predicted octanol–water partition coefficient (Wildman–Crippen LogP) is 5.27. The minimum Gasteiger partial charge on any atom is -0.444 e. The van der Waals surface area contributed by atoms with E-state index >= 15 is 0 Å². The summed E-state index contributed by atoms with van der Waals surface area (Å²) >= 11 is 0. The first kappa shape index (κ1) is 28.7. The molecule has 2 N–H and O–H groups in total. The molecule has 7 heteroatoms. The van der Waals surface area contributed by atoms with Gasteiger partial charge in [-0.25, -0.2) is 4.79 Å². The summed E-state index contributed by atoms with van der Waals surface area (Å²) in [5.74, 6) is -0.631. The van der Waals surface area contributed by atoms with Gasteiger partial charge in [-0.3, -0.25) is 9.59 Å². The molecule has 35 heavy (non-hydrogen) atoms. The highest BCUT2D eigenvalue weighted by Crippen LogP contribution is 2.26. The van der Waals surface area contributed by atoms with Crippen LogP contribution in [-0.4, -0.2) is 47.0 Å². The first-order valence-corrected chi connectivity index (χ1v) is 13.1. The van der Waals surface area contributed by atoms with Crippen LogP contribution < -0.4 is 10.6 Å². The van der Waals surface area contributed by atoms with Crippen LogP contribution >= 0.6 is 0 Å². The molecule has 0 aromatic heterocycles. The van der Waals surface area contributed by atoms with Crippen LogP contribution in [0.2, 0.25) is 0 Å². The Labute approximate surface area is 211 Å². The number of amides is 3. The van der Waals surface area contributed by atoms with E-state index in [9.17, 15) is 14.4 Å². The van der Waals surface area contributed by atoms with Gasteiger partial charge in [-0.05, 0) is 58.4 Å². The first-order valence-electron chi connectivity index (χ1n) is 13.1. The van der Waals surface area contributed by atoms with Crippen molar-refractivity contribution < 1.29 is 19.1 Å². The van der Waals surface area contributed by atoms with E-state index in [0.717, 1.165) is 36.8 Å². The molecule has 1 aliphatic carbocycles. The number of carbonyl (C=O) groups excluding carboxylic acids is 3. The van der Waals surface area contributed by atoms with Crippen molar-refractivity contribution in [2.24, 2.45) is 5.92 Å². The molecule has 3 amide bonds. The lowest BCUT2D eigenvalue weighted by atomic mass is 9.94. The topological polar surface area (TPSA) is 87.7 Å². The fourth-order valence-electron chi connectivity index (χ4n) is 4.48. The number of benzene rings is 1. The van der Waals surface area contributed by atoms with Crippen molar-refractivity contribution in [2.45, 2.75) is 111 Å². The van der Waals surface area contributed by atoms with Crippen molar-refractivity contribution in [3.05, 3.63) is 35.4 Å². The van der Waals surface area contributed by atoms with Gasteiger partial charge in [0, 0.05) is 12.6 Å². The van der Waals surface area contributed by atoms with Crippen molar-refractivity contribution in [3.63, 3.8) is 0 Å². The molecule has 1 fully saturated rings. The molecular formula is C28H45N3O4. The van der Waals surface area contributed by atoms with E-state index in [1.165, 1.54) is 6.42 Å². The minimum absolute atomic E-state index is 0.128. The second-order valence-electron chi connectivity index (χ2n) is 11.1. The van der Waals surface area contributed by atoms with E-state index in [2.05, 4.69) is 10.6 Å². The number of hydrogen-bond donors (Lipinski definition) is 2. The Bertz CT molecular complexity index is 839. The number of nitrogens with one attached hydrogen (secondary N) is 2. The highest BCUT2D eigenvalue weighted by atomic mass is 16.6. The summed E-state index contributed by atoms with van der Waals surface area (Å²) < 4.78 is 5.41. The molecule has 7 nitrogen and oxygen atoms in total. The van der Waals surface area contributed by atoms with Gasteiger partial charge in [0.15, 0.2) is 0 Å². The van der Waals surface area contributed by atoms with Crippen LogP contribution in [0.1, 0.15) is 97.2 Å². The lowest BCUT2D eigenvalue weighted by Gasteiger charge is -2.36. The molecule has 2 atom stereocenters. The highest BCUT2D eigenvalue weighted by Gasteiger charge is 2.37. The van der Waals surface area contributed by atoms with Crippen molar-refractivity contribution in [1.82, 2.24) is 15.5 Å². The van der Waals surface area contributed by atoms with E-state index in [1.54, 1.807) is 25.7 Å². The summed E-state index contributed by atoms with van der Waals surface area (Å²) in [7, 11) is 0. The molecule has 2 unspecified atom stereocenters. The molecule has 0 bridgehead atoms. The van der Waals surface area contributed by atoms with Gasteiger partial charge in [-0.1, -0.05) is 69.9 Å². The average molecular weight is 488 g/mol. The number of rotatable bonds is 9. The van der Waals surface area contributed by atoms with Crippen LogP contribution in [-0.2, 0) is 14.3 Å². The molecular weight excluding hydrogens is 442 g/mol. The third-order valence-electron chi connectivity index (χ3n) is 6.26. The predicted molar refractivity (Wildman–Crippen MR) is 139 cm³/mol. The number of nitrogens with zero attached hydrogens (tertiary/aromatic N) is 1. The maximum atomic E-state index is 13.9. The molecule has 0 radical (unpaired) electrons. The van der Waals surface area contributed by atoms with Crippen molar-refractivity contribution >= 4 is 17.9 Å². The molecule has 1 aromatic rings. The summed E-state index contributed by atoms with van der Waals surface area (Å²) in [5, 5.41) is 5.98. The van der Waals surface area contributed by atoms with Crippen LogP contribution in [0.3, 0.4) is 0 Å². The van der Waals surface area contributed by atoms with Gasteiger partial charge in [0.05, 0.1) is 0 Å². The van der Waals surface area contributed by atoms with Crippen molar-refractivity contribution in [3.8, 4) is 0 Å². The molecule has 2 rings (SSSR count). The van der Waals surface area contributed by atoms with Crippen LogP contribution in [0.5, 0.6) is 0 Å². The third kappa shape index (κ3) is 8.86. The molecule has 1 saturated carbocycles. The molecule has 0 heterocycles. The minimum atomic E-state index is -0.813. The lowest BCUT2D eigenvalue weighted by Crippen LogP contribution is -2.55. The van der Waals surface area contributed by atoms with Gasteiger partial charge < -0.3 is 20.3 Å². The molecule has 0 saturated heterocycles. The smallest absolute Gasteiger partial charge is 0.408 e. The largest absolute Gasteiger partial charge is 0.444 e. The Hall–Kier alpha value is -2.57. The summed E-state index contributed by atoms with van der Waals surface area (Å²) in [6.07, 6.45) is 5.37. The third-order valence-corrected chi connectivity index (χ3v) is 6.26. The van der Waals surface area contributed by atoms with Gasteiger partial charge in [0.25, 0.3) is 0 Å². The zero-order valence-corrected chi connectivity index (χ0v) is 22.6. The van der Waals surface area contributed by atoms with E-state index in [0.29, 0.717) is 13.0 Å². The van der Waals surface area contributed by atoms with Gasteiger partial charge >= 0.3 is 6.09 Å². The van der Waals surface area contributed by atoms with Gasteiger partial charge in [0.2, 0.25) is 11.8 Å². The summed E-state index contributed by atoms with van der Waals surface area (Å²) in [6.45, 7) is 13.5. The Morgan fingerprint density at radius 3 is 2.17 bits per heavy atom. The molecule has 1 aromatic carbocycles. The Morgan fingerprint density at radius 2 is 1.66 bits per heavy atom. The number of alkyl carbamates (subject to hydrolysis) is 1. The second-order valence-corrected chi connectivity index (χ2v) is 11.1. The monoisotopic (exact) mass is 487 g/mol. The quantitative estimate of drug-likeness (QED) is 0.496. The van der Waals surface area contributed by atoms with Crippen molar-refractivity contribution in [1.29, 1.82) is 0 Å². The number of ether oxygens (including phenoxy) is 1. The normalized spacial score (nSPS) is 16.3. The standard InChI is InChI=1S/C28H45N3O4/c1-8-18-31(26(33)23(19(2)3)30-27(34)35-28(5,6)7)24(21-16-14-20(4)15-17-21)25(32)29-22-12-10-9-11-13-22/h14-17,19,22-24H,8-13,18H2,1-7H3,(H,29,32)(H,30,34). The Morgan fingerprint density at radius 1 is 1.06 bits per heavy atom. The number of carbonyl (C=O) groups is 3. The fraction of sp³-hybridized carbons (Fsp3) is 0.679. The van der Waals surface area contributed by atoms with Crippen LogP contribution in [0, 0.1) is 12.8 Å². The van der Waals surface area contributed by atoms with Crippen LogP contribution in [0.4, 0.5) is 4.79 Å². The first-order chi connectivity index (χ1) is 16.4.